The molecular formula is C20H22ClNO4S. The van der Waals surface area contributed by atoms with Crippen molar-refractivity contribution in [2.24, 2.45) is 0 Å². The lowest BCUT2D eigenvalue weighted by Crippen LogP contribution is -2.61. The van der Waals surface area contributed by atoms with E-state index in [1.54, 1.807) is 26.0 Å². The number of carbonyl (C=O) groups excluding carboxylic acids is 2. The first-order valence-electron chi connectivity index (χ1n) is 8.96. The molecule has 1 aromatic carbocycles. The zero-order valence-corrected chi connectivity index (χ0v) is 16.9. The Morgan fingerprint density at radius 1 is 1.15 bits per heavy atom. The van der Waals surface area contributed by atoms with Gasteiger partial charge in [0.2, 0.25) is 5.54 Å². The highest BCUT2D eigenvalue weighted by atomic mass is 35.5. The highest BCUT2D eigenvalue weighted by molar-refractivity contribution is 7.10. The topological polar surface area (TPSA) is 55.8 Å². The second-order valence-electron chi connectivity index (χ2n) is 6.19. The predicted molar refractivity (Wildman–Crippen MR) is 106 cm³/mol. The molecule has 0 bridgehead atoms. The number of hydrogen-bond donors (Lipinski definition) is 0. The maximum absolute atomic E-state index is 13.3. The van der Waals surface area contributed by atoms with Crippen LogP contribution in [0, 0.1) is 0 Å². The monoisotopic (exact) mass is 407 g/mol. The lowest BCUT2D eigenvalue weighted by molar-refractivity contribution is -0.164. The number of halogens is 1. The summed E-state index contributed by atoms with van der Waals surface area (Å²) in [7, 11) is 0. The molecule has 1 aromatic heterocycles. The van der Waals surface area contributed by atoms with Crippen molar-refractivity contribution < 1.29 is 19.1 Å². The molecule has 1 atom stereocenters. The molecule has 1 fully saturated rings. The van der Waals surface area contributed by atoms with Crippen LogP contribution in [-0.2, 0) is 19.1 Å². The van der Waals surface area contributed by atoms with E-state index in [1.165, 1.54) is 11.3 Å². The van der Waals surface area contributed by atoms with E-state index in [4.69, 9.17) is 21.1 Å². The van der Waals surface area contributed by atoms with Crippen LogP contribution in [0.5, 0.6) is 0 Å². The summed E-state index contributed by atoms with van der Waals surface area (Å²) < 4.78 is 10.8. The summed E-state index contributed by atoms with van der Waals surface area (Å²) in [5, 5.41) is 2.53. The zero-order valence-electron chi connectivity index (χ0n) is 15.3. The highest BCUT2D eigenvalue weighted by Crippen LogP contribution is 2.47. The summed E-state index contributed by atoms with van der Waals surface area (Å²) >= 11 is 7.55. The van der Waals surface area contributed by atoms with Crippen molar-refractivity contribution in [2.75, 3.05) is 24.7 Å². The normalized spacial score (nSPS) is 18.3. The largest absolute Gasteiger partial charge is 0.464 e. The standard InChI is InChI=1S/C20H22ClNO4S/c1-3-25-18(23)20(19(24)26-4-2)16(17-6-5-13-27-17)11-12-22(20)15-9-7-14(21)8-10-15/h5-10,13,16H,3-4,11-12H2,1-2H3. The predicted octanol–water partition coefficient (Wildman–Crippen LogP) is 4.26. The Bertz CT molecular complexity index is 773. The summed E-state index contributed by atoms with van der Waals surface area (Å²) in [6.07, 6.45) is 0.640. The Morgan fingerprint density at radius 2 is 1.78 bits per heavy atom. The second kappa shape index (κ2) is 8.31. The Labute approximate surface area is 167 Å². The molecule has 1 aliphatic heterocycles. The third kappa shape index (κ3) is 3.44. The molecule has 0 radical (unpaired) electrons. The quantitative estimate of drug-likeness (QED) is 0.529. The maximum Gasteiger partial charge on any atom is 0.344 e. The van der Waals surface area contributed by atoms with Gasteiger partial charge in [-0.25, -0.2) is 9.59 Å². The Hall–Kier alpha value is -2.05. The van der Waals surface area contributed by atoms with Crippen molar-refractivity contribution in [1.82, 2.24) is 0 Å². The molecule has 0 amide bonds. The molecule has 3 rings (SSSR count). The summed E-state index contributed by atoms with van der Waals surface area (Å²) in [5.74, 6) is -1.49. The van der Waals surface area contributed by atoms with Gasteiger partial charge in [-0.1, -0.05) is 17.7 Å². The number of hydrogen-bond acceptors (Lipinski definition) is 6. The van der Waals surface area contributed by atoms with Crippen molar-refractivity contribution in [3.05, 3.63) is 51.7 Å². The van der Waals surface area contributed by atoms with Crippen LogP contribution in [0.25, 0.3) is 0 Å². The average Bonchev–Trinajstić information content (AvgIpc) is 3.30. The molecule has 7 heteroatoms. The van der Waals surface area contributed by atoms with Crippen LogP contribution in [0.1, 0.15) is 31.1 Å². The third-order valence-corrected chi connectivity index (χ3v) is 6.01. The molecule has 5 nitrogen and oxygen atoms in total. The summed E-state index contributed by atoms with van der Waals surface area (Å²) in [6.45, 7) is 4.37. The van der Waals surface area contributed by atoms with Crippen LogP contribution >= 0.6 is 22.9 Å². The minimum atomic E-state index is -1.55. The van der Waals surface area contributed by atoms with Crippen LogP contribution in [0.15, 0.2) is 41.8 Å². The van der Waals surface area contributed by atoms with E-state index in [-0.39, 0.29) is 19.1 Å². The summed E-state index contributed by atoms with van der Waals surface area (Å²) in [5.41, 5.74) is -0.815. The van der Waals surface area contributed by atoms with Gasteiger partial charge in [-0.05, 0) is 56.0 Å². The van der Waals surface area contributed by atoms with Gasteiger partial charge < -0.3 is 14.4 Å². The lowest BCUT2D eigenvalue weighted by atomic mass is 9.83. The SMILES string of the molecule is CCOC(=O)C1(C(=O)OCC)C(c2cccs2)CCN1c1ccc(Cl)cc1. The molecule has 0 N–H and O–H groups in total. The smallest absolute Gasteiger partial charge is 0.344 e. The number of carbonyl (C=O) groups is 2. The second-order valence-corrected chi connectivity index (χ2v) is 7.61. The number of esters is 2. The molecule has 1 unspecified atom stereocenters. The van der Waals surface area contributed by atoms with Crippen molar-refractivity contribution in [1.29, 1.82) is 0 Å². The Balaban J connectivity index is 2.17. The van der Waals surface area contributed by atoms with E-state index in [0.717, 1.165) is 10.6 Å². The molecule has 1 saturated heterocycles. The maximum atomic E-state index is 13.3. The Kier molecular flexibility index (Phi) is 6.07. The Morgan fingerprint density at radius 3 is 2.30 bits per heavy atom. The number of thiophene rings is 1. The van der Waals surface area contributed by atoms with Gasteiger partial charge in [0.05, 0.1) is 13.2 Å². The van der Waals surface area contributed by atoms with Crippen LogP contribution in [0.4, 0.5) is 5.69 Å². The summed E-state index contributed by atoms with van der Waals surface area (Å²) in [4.78, 5) is 29.3. The fourth-order valence-corrected chi connectivity index (χ4v) is 4.74. The van der Waals surface area contributed by atoms with Gasteiger partial charge in [0, 0.05) is 28.0 Å². The number of rotatable bonds is 6. The molecule has 1 aliphatic rings. The zero-order chi connectivity index (χ0) is 19.4. The van der Waals surface area contributed by atoms with Gasteiger partial charge in [0.1, 0.15) is 0 Å². The van der Waals surface area contributed by atoms with Gasteiger partial charge in [0.15, 0.2) is 0 Å². The van der Waals surface area contributed by atoms with E-state index < -0.39 is 17.5 Å². The third-order valence-electron chi connectivity index (χ3n) is 4.77. The van der Waals surface area contributed by atoms with E-state index in [2.05, 4.69) is 0 Å². The van der Waals surface area contributed by atoms with Crippen molar-refractivity contribution >= 4 is 40.6 Å². The van der Waals surface area contributed by atoms with E-state index in [0.29, 0.717) is 18.0 Å². The minimum absolute atomic E-state index is 0.186. The molecule has 2 aromatic rings. The van der Waals surface area contributed by atoms with Crippen LogP contribution in [0.3, 0.4) is 0 Å². The molecule has 0 spiro atoms. The highest BCUT2D eigenvalue weighted by Gasteiger charge is 2.63. The van der Waals surface area contributed by atoms with Gasteiger partial charge in [-0.3, -0.25) is 0 Å². The van der Waals surface area contributed by atoms with Crippen molar-refractivity contribution in [2.45, 2.75) is 31.7 Å². The molecule has 144 valence electrons. The summed E-state index contributed by atoms with van der Waals surface area (Å²) in [6, 6.07) is 11.0. The first kappa shape index (κ1) is 19.7. The number of ether oxygens (including phenoxy) is 2. The van der Waals surface area contributed by atoms with Gasteiger partial charge >= 0.3 is 11.9 Å². The van der Waals surface area contributed by atoms with Crippen molar-refractivity contribution in [3.8, 4) is 0 Å². The van der Waals surface area contributed by atoms with Gasteiger partial charge in [0.25, 0.3) is 0 Å². The van der Waals surface area contributed by atoms with E-state index in [9.17, 15) is 9.59 Å². The molecule has 2 heterocycles. The number of benzene rings is 1. The first-order chi connectivity index (χ1) is 13.1. The first-order valence-corrected chi connectivity index (χ1v) is 10.2. The average molecular weight is 408 g/mol. The number of nitrogens with zero attached hydrogens (tertiary/aromatic N) is 1. The van der Waals surface area contributed by atoms with Crippen LogP contribution in [-0.4, -0.2) is 37.2 Å². The minimum Gasteiger partial charge on any atom is -0.464 e. The molecular weight excluding hydrogens is 386 g/mol. The molecule has 27 heavy (non-hydrogen) atoms. The fourth-order valence-electron chi connectivity index (χ4n) is 3.69. The van der Waals surface area contributed by atoms with Crippen LogP contribution in [0.2, 0.25) is 5.02 Å². The van der Waals surface area contributed by atoms with Crippen molar-refractivity contribution in [3.63, 3.8) is 0 Å². The number of anilines is 1. The fraction of sp³-hybridized carbons (Fsp3) is 0.400. The van der Waals surface area contributed by atoms with E-state index in [1.807, 2.05) is 34.5 Å². The van der Waals surface area contributed by atoms with Gasteiger partial charge in [-0.2, -0.15) is 0 Å². The van der Waals surface area contributed by atoms with E-state index >= 15 is 0 Å². The molecule has 0 saturated carbocycles. The lowest BCUT2D eigenvalue weighted by Gasteiger charge is -2.38. The van der Waals surface area contributed by atoms with Gasteiger partial charge in [-0.15, -0.1) is 11.3 Å². The molecule has 0 aliphatic carbocycles. The van der Waals surface area contributed by atoms with Crippen LogP contribution < -0.4 is 4.90 Å².